The van der Waals surface area contributed by atoms with Gasteiger partial charge in [0.05, 0.1) is 25.2 Å². The van der Waals surface area contributed by atoms with E-state index in [1.54, 1.807) is 24.3 Å². The molecule has 24 heavy (non-hydrogen) atoms. The van der Waals surface area contributed by atoms with Crippen LogP contribution in [-0.2, 0) is 6.42 Å². The van der Waals surface area contributed by atoms with Crippen LogP contribution < -0.4 is 15.4 Å². The number of nitriles is 1. The number of anilines is 1. The number of carbonyl (C=O) groups excluding carboxylic acids is 1. The maximum atomic E-state index is 12.3. The predicted octanol–water partition coefficient (Wildman–Crippen LogP) is 3.54. The van der Waals surface area contributed by atoms with Crippen molar-refractivity contribution in [2.45, 2.75) is 6.42 Å². The number of ether oxygens (including phenoxy) is 1. The fourth-order valence-electron chi connectivity index (χ4n) is 1.99. The van der Waals surface area contributed by atoms with Gasteiger partial charge in [0.15, 0.2) is 5.11 Å². The summed E-state index contributed by atoms with van der Waals surface area (Å²) in [6, 6.07) is 14.0. The number of hydrogen-bond acceptors (Lipinski definition) is 4. The minimum atomic E-state index is -0.423. The third-order valence-electron chi connectivity index (χ3n) is 3.13. The monoisotopic (exact) mass is 359 g/mol. The van der Waals surface area contributed by atoms with Gasteiger partial charge in [0.25, 0.3) is 5.91 Å². The molecule has 0 bridgehead atoms. The lowest BCUT2D eigenvalue weighted by Crippen LogP contribution is -2.34. The van der Waals surface area contributed by atoms with Gasteiger partial charge in [0.1, 0.15) is 5.75 Å². The van der Waals surface area contributed by atoms with Crippen molar-refractivity contribution in [1.29, 1.82) is 5.26 Å². The van der Waals surface area contributed by atoms with E-state index in [-0.39, 0.29) is 5.11 Å². The number of hydrogen-bond donors (Lipinski definition) is 2. The van der Waals surface area contributed by atoms with Gasteiger partial charge in [-0.15, -0.1) is 0 Å². The zero-order valence-electron chi connectivity index (χ0n) is 12.8. The van der Waals surface area contributed by atoms with Crippen LogP contribution in [0, 0.1) is 11.3 Å². The summed E-state index contributed by atoms with van der Waals surface area (Å²) in [4.78, 5) is 12.3. The largest absolute Gasteiger partial charge is 0.496 e. The molecule has 0 aromatic heterocycles. The quantitative estimate of drug-likeness (QED) is 0.817. The van der Waals surface area contributed by atoms with Crippen molar-refractivity contribution in [3.05, 3.63) is 58.6 Å². The lowest BCUT2D eigenvalue weighted by Gasteiger charge is -2.12. The molecule has 2 rings (SSSR count). The Hall–Kier alpha value is -2.62. The number of amides is 1. The van der Waals surface area contributed by atoms with Gasteiger partial charge in [-0.05, 0) is 48.1 Å². The van der Waals surface area contributed by atoms with E-state index in [0.29, 0.717) is 28.4 Å². The van der Waals surface area contributed by atoms with Crippen molar-refractivity contribution in [1.82, 2.24) is 5.32 Å². The minimum absolute atomic E-state index is 0.148. The second-order valence-electron chi connectivity index (χ2n) is 4.78. The molecule has 0 radical (unpaired) electrons. The van der Waals surface area contributed by atoms with Crippen LogP contribution in [0.1, 0.15) is 15.9 Å². The highest BCUT2D eigenvalue weighted by atomic mass is 35.5. The third-order valence-corrected chi connectivity index (χ3v) is 3.57. The van der Waals surface area contributed by atoms with E-state index in [0.717, 1.165) is 5.56 Å². The first kappa shape index (κ1) is 17.7. The van der Waals surface area contributed by atoms with Crippen molar-refractivity contribution >= 4 is 40.5 Å². The highest BCUT2D eigenvalue weighted by Gasteiger charge is 2.14. The van der Waals surface area contributed by atoms with Crippen LogP contribution >= 0.6 is 23.8 Å². The molecule has 2 aromatic rings. The Balaban J connectivity index is 2.03. The molecule has 0 aliphatic rings. The van der Waals surface area contributed by atoms with Crippen LogP contribution in [0.25, 0.3) is 0 Å². The average molecular weight is 360 g/mol. The van der Waals surface area contributed by atoms with Gasteiger partial charge < -0.3 is 10.1 Å². The van der Waals surface area contributed by atoms with Crippen LogP contribution in [0.15, 0.2) is 42.5 Å². The normalized spacial score (nSPS) is 9.71. The smallest absolute Gasteiger partial charge is 0.261 e. The lowest BCUT2D eigenvalue weighted by atomic mass is 10.1. The van der Waals surface area contributed by atoms with Crippen molar-refractivity contribution < 1.29 is 9.53 Å². The number of carbonyl (C=O) groups is 1. The van der Waals surface area contributed by atoms with Crippen molar-refractivity contribution in [3.8, 4) is 11.8 Å². The van der Waals surface area contributed by atoms with Gasteiger partial charge >= 0.3 is 0 Å². The molecule has 0 aliphatic carbocycles. The first-order valence-corrected chi connectivity index (χ1v) is 7.74. The Labute approximate surface area is 150 Å². The Morgan fingerprint density at radius 1 is 1.29 bits per heavy atom. The number of nitrogens with zero attached hydrogens (tertiary/aromatic N) is 1. The SMILES string of the molecule is COc1ccc(Cl)cc1C(=O)NC(=S)Nc1ccc(CC#N)cc1. The summed E-state index contributed by atoms with van der Waals surface area (Å²) < 4.78 is 5.15. The highest BCUT2D eigenvalue weighted by molar-refractivity contribution is 7.80. The van der Waals surface area contributed by atoms with Crippen LogP contribution in [0.4, 0.5) is 5.69 Å². The first-order valence-electron chi connectivity index (χ1n) is 6.95. The number of halogens is 1. The second kappa shape index (κ2) is 8.29. The molecule has 0 saturated carbocycles. The number of thiocarbonyl (C=S) groups is 1. The standard InChI is InChI=1S/C17H14ClN3O2S/c1-23-15-7-4-12(18)10-14(15)16(22)21-17(24)20-13-5-2-11(3-6-13)8-9-19/h2-7,10H,8H2,1H3,(H2,20,21,22,24). The van der Waals surface area contributed by atoms with Crippen LogP contribution in [0.2, 0.25) is 5.02 Å². The Kier molecular flexibility index (Phi) is 6.13. The molecule has 1 amide bonds. The molecule has 0 heterocycles. The van der Waals surface area contributed by atoms with Gasteiger partial charge in [-0.2, -0.15) is 5.26 Å². The number of benzene rings is 2. The number of methoxy groups -OCH3 is 1. The summed E-state index contributed by atoms with van der Waals surface area (Å²) in [6.45, 7) is 0. The Morgan fingerprint density at radius 3 is 2.62 bits per heavy atom. The van der Waals surface area contributed by atoms with Crippen molar-refractivity contribution in [2.24, 2.45) is 0 Å². The zero-order valence-corrected chi connectivity index (χ0v) is 14.4. The van der Waals surface area contributed by atoms with Gasteiger partial charge in [-0.3, -0.25) is 10.1 Å². The zero-order chi connectivity index (χ0) is 17.5. The lowest BCUT2D eigenvalue weighted by molar-refractivity contribution is 0.0975. The average Bonchev–Trinajstić information content (AvgIpc) is 2.56. The van der Waals surface area contributed by atoms with E-state index in [2.05, 4.69) is 16.7 Å². The molecule has 0 aliphatic heterocycles. The molecule has 2 aromatic carbocycles. The molecule has 0 atom stereocenters. The van der Waals surface area contributed by atoms with E-state index in [9.17, 15) is 4.79 Å². The molecule has 2 N–H and O–H groups in total. The molecule has 0 fully saturated rings. The highest BCUT2D eigenvalue weighted by Crippen LogP contribution is 2.22. The van der Waals surface area contributed by atoms with Gasteiger partial charge in [-0.25, -0.2) is 0 Å². The Bertz CT molecular complexity index is 800. The molecule has 0 saturated heterocycles. The maximum Gasteiger partial charge on any atom is 0.261 e. The molecule has 0 unspecified atom stereocenters. The van der Waals surface area contributed by atoms with Crippen LogP contribution in [0.3, 0.4) is 0 Å². The van der Waals surface area contributed by atoms with Crippen LogP contribution in [-0.4, -0.2) is 18.1 Å². The van der Waals surface area contributed by atoms with E-state index in [1.807, 2.05) is 12.1 Å². The molecule has 0 spiro atoms. The number of nitrogens with one attached hydrogen (secondary N) is 2. The van der Waals surface area contributed by atoms with Gasteiger partial charge in [-0.1, -0.05) is 23.7 Å². The summed E-state index contributed by atoms with van der Waals surface area (Å²) in [5, 5.41) is 14.7. The predicted molar refractivity (Wildman–Crippen MR) is 97.4 cm³/mol. The molecular weight excluding hydrogens is 346 g/mol. The second-order valence-corrected chi connectivity index (χ2v) is 5.63. The fourth-order valence-corrected chi connectivity index (χ4v) is 2.37. The van der Waals surface area contributed by atoms with E-state index in [4.69, 9.17) is 33.8 Å². The minimum Gasteiger partial charge on any atom is -0.496 e. The van der Waals surface area contributed by atoms with E-state index in [1.165, 1.54) is 13.2 Å². The van der Waals surface area contributed by atoms with E-state index >= 15 is 0 Å². The fraction of sp³-hybridized carbons (Fsp3) is 0.118. The summed E-state index contributed by atoms with van der Waals surface area (Å²) in [7, 11) is 1.47. The van der Waals surface area contributed by atoms with Gasteiger partial charge in [0.2, 0.25) is 0 Å². The first-order chi connectivity index (χ1) is 11.5. The van der Waals surface area contributed by atoms with E-state index < -0.39 is 5.91 Å². The molecule has 5 nitrogen and oxygen atoms in total. The van der Waals surface area contributed by atoms with Crippen molar-refractivity contribution in [2.75, 3.05) is 12.4 Å². The summed E-state index contributed by atoms with van der Waals surface area (Å²) in [6.07, 6.45) is 0.343. The third kappa shape index (κ3) is 4.69. The van der Waals surface area contributed by atoms with Crippen molar-refractivity contribution in [3.63, 3.8) is 0 Å². The summed E-state index contributed by atoms with van der Waals surface area (Å²) in [5.74, 6) is -0.0199. The topological polar surface area (TPSA) is 74.2 Å². The molecular formula is C17H14ClN3O2S. The summed E-state index contributed by atoms with van der Waals surface area (Å²) in [5.41, 5.74) is 1.90. The summed E-state index contributed by atoms with van der Waals surface area (Å²) >= 11 is 11.1. The Morgan fingerprint density at radius 2 is 2.00 bits per heavy atom. The number of rotatable bonds is 4. The molecule has 7 heteroatoms. The maximum absolute atomic E-state index is 12.3. The van der Waals surface area contributed by atoms with Gasteiger partial charge in [0, 0.05) is 10.7 Å². The van der Waals surface area contributed by atoms with Crippen LogP contribution in [0.5, 0.6) is 5.75 Å². The molecule has 122 valence electrons.